The number of furan rings is 1. The Balaban J connectivity index is 1.22. The Hall–Kier alpha value is -7.76. The number of aromatic nitrogens is 4. The molecule has 0 spiro atoms. The number of fused-ring (bicyclic) bond motifs is 6. The minimum atomic E-state index is 0.590. The molecule has 3 aromatic heterocycles. The average molecular weight is 729 g/mol. The topological polar surface area (TPSA) is 64.7 Å². The zero-order valence-corrected chi connectivity index (χ0v) is 30.7. The number of nitrogens with zero attached hydrogens (tertiary/aromatic N) is 4. The number of hydrogen-bond donors (Lipinski definition) is 0. The van der Waals surface area contributed by atoms with Gasteiger partial charge in [0.15, 0.2) is 17.5 Å². The lowest BCUT2D eigenvalue weighted by molar-refractivity contribution is 0.669. The first-order valence-electron chi connectivity index (χ1n) is 19.0. The largest absolute Gasteiger partial charge is 0.456 e. The van der Waals surface area contributed by atoms with E-state index >= 15 is 0 Å². The second-order valence-corrected chi connectivity index (χ2v) is 14.2. The molecular formula is C52H32N4O. The Morgan fingerprint density at radius 1 is 0.316 bits per heavy atom. The highest BCUT2D eigenvalue weighted by atomic mass is 16.3. The lowest BCUT2D eigenvalue weighted by atomic mass is 9.91. The fraction of sp³-hybridized carbons (Fsp3) is 0. The van der Waals surface area contributed by atoms with E-state index in [0.29, 0.717) is 17.5 Å². The fourth-order valence-corrected chi connectivity index (χ4v) is 7.91. The third-order valence-corrected chi connectivity index (χ3v) is 10.7. The van der Waals surface area contributed by atoms with Crippen LogP contribution in [0.5, 0.6) is 0 Å². The first kappa shape index (κ1) is 32.7. The summed E-state index contributed by atoms with van der Waals surface area (Å²) in [4.78, 5) is 20.6. The minimum Gasteiger partial charge on any atom is -0.456 e. The average Bonchev–Trinajstić information content (AvgIpc) is 3.67. The van der Waals surface area contributed by atoms with Crippen molar-refractivity contribution in [2.45, 2.75) is 0 Å². The molecule has 5 nitrogen and oxygen atoms in total. The highest BCUT2D eigenvalue weighted by molar-refractivity contribution is 6.14. The first-order valence-corrected chi connectivity index (χ1v) is 19.0. The van der Waals surface area contributed by atoms with E-state index in [9.17, 15) is 0 Å². The van der Waals surface area contributed by atoms with Crippen molar-refractivity contribution in [3.8, 4) is 67.7 Å². The Morgan fingerprint density at radius 3 is 1.60 bits per heavy atom. The van der Waals surface area contributed by atoms with Crippen LogP contribution < -0.4 is 0 Å². The summed E-state index contributed by atoms with van der Waals surface area (Å²) in [5, 5.41) is 5.56. The summed E-state index contributed by atoms with van der Waals surface area (Å²) in [6.45, 7) is 0. The number of hydrogen-bond acceptors (Lipinski definition) is 5. The van der Waals surface area contributed by atoms with Crippen molar-refractivity contribution in [2.75, 3.05) is 0 Å². The fourth-order valence-electron chi connectivity index (χ4n) is 7.91. The van der Waals surface area contributed by atoms with Gasteiger partial charge in [-0.25, -0.2) is 19.9 Å². The summed E-state index contributed by atoms with van der Waals surface area (Å²) in [7, 11) is 0. The Labute approximate surface area is 328 Å². The van der Waals surface area contributed by atoms with Crippen molar-refractivity contribution in [1.29, 1.82) is 0 Å². The van der Waals surface area contributed by atoms with Crippen LogP contribution in [0.3, 0.4) is 0 Å². The monoisotopic (exact) mass is 728 g/mol. The van der Waals surface area contributed by atoms with Crippen molar-refractivity contribution in [1.82, 2.24) is 19.9 Å². The maximum absolute atomic E-state index is 6.25. The van der Waals surface area contributed by atoms with Crippen molar-refractivity contribution in [3.05, 3.63) is 194 Å². The lowest BCUT2D eigenvalue weighted by Gasteiger charge is -2.16. The van der Waals surface area contributed by atoms with Gasteiger partial charge in [-0.15, -0.1) is 0 Å². The van der Waals surface area contributed by atoms with Crippen molar-refractivity contribution < 1.29 is 4.42 Å². The van der Waals surface area contributed by atoms with Crippen LogP contribution in [0.1, 0.15) is 0 Å². The molecule has 0 unspecified atom stereocenters. The third kappa shape index (κ3) is 5.90. The second kappa shape index (κ2) is 13.5. The van der Waals surface area contributed by atoms with E-state index in [4.69, 9.17) is 24.4 Å². The molecule has 266 valence electrons. The summed E-state index contributed by atoms with van der Waals surface area (Å²) in [6, 6.07) is 67.1. The van der Waals surface area contributed by atoms with E-state index in [0.717, 1.165) is 93.8 Å². The van der Waals surface area contributed by atoms with Crippen LogP contribution in [0.15, 0.2) is 199 Å². The molecule has 0 amide bonds. The van der Waals surface area contributed by atoms with Crippen LogP contribution in [0.2, 0.25) is 0 Å². The maximum atomic E-state index is 6.25. The number of pyridine rings is 1. The number of benzene rings is 8. The molecule has 0 aliphatic rings. The maximum Gasteiger partial charge on any atom is 0.164 e. The molecule has 0 radical (unpaired) electrons. The summed E-state index contributed by atoms with van der Waals surface area (Å²) in [6.07, 6.45) is 0. The molecule has 8 aromatic carbocycles. The molecule has 0 aliphatic heterocycles. The quantitative estimate of drug-likeness (QED) is 0.160. The van der Waals surface area contributed by atoms with Gasteiger partial charge in [0, 0.05) is 38.4 Å². The van der Waals surface area contributed by atoms with Gasteiger partial charge in [-0.3, -0.25) is 0 Å². The molecule has 0 saturated heterocycles. The van der Waals surface area contributed by atoms with Crippen LogP contribution in [-0.2, 0) is 0 Å². The SMILES string of the molecule is c1ccc(-c2cc(-c3cc(-c4ccc5oc6ccccc6c5c4)cc(-c4nc(-c5ccccc5)nc(-c5ccccc5)n4)c3)c3c(ccc4ccccc43)n2)cc1. The van der Waals surface area contributed by atoms with Crippen LogP contribution in [0, 0.1) is 0 Å². The van der Waals surface area contributed by atoms with Gasteiger partial charge in [0.2, 0.25) is 0 Å². The van der Waals surface area contributed by atoms with E-state index in [1.54, 1.807) is 0 Å². The van der Waals surface area contributed by atoms with E-state index < -0.39 is 0 Å². The van der Waals surface area contributed by atoms with Gasteiger partial charge in [0.25, 0.3) is 0 Å². The minimum absolute atomic E-state index is 0.590. The van der Waals surface area contributed by atoms with Crippen molar-refractivity contribution >= 4 is 43.6 Å². The Bertz CT molecular complexity index is 3230. The molecule has 0 atom stereocenters. The van der Waals surface area contributed by atoms with Crippen LogP contribution in [0.25, 0.3) is 111 Å². The van der Waals surface area contributed by atoms with Crippen LogP contribution >= 0.6 is 0 Å². The van der Waals surface area contributed by atoms with Gasteiger partial charge in [-0.2, -0.15) is 0 Å². The molecule has 5 heteroatoms. The normalized spacial score (nSPS) is 11.5. The summed E-state index contributed by atoms with van der Waals surface area (Å²) in [5.41, 5.74) is 11.5. The van der Waals surface area contributed by atoms with Gasteiger partial charge < -0.3 is 4.42 Å². The molecule has 0 aliphatic carbocycles. The molecule has 0 N–H and O–H groups in total. The predicted molar refractivity (Wildman–Crippen MR) is 233 cm³/mol. The summed E-state index contributed by atoms with van der Waals surface area (Å²) < 4.78 is 6.25. The molecule has 57 heavy (non-hydrogen) atoms. The Kier molecular flexibility index (Phi) is 7.74. The lowest BCUT2D eigenvalue weighted by Crippen LogP contribution is -2.00. The zero-order valence-electron chi connectivity index (χ0n) is 30.7. The van der Waals surface area contributed by atoms with Gasteiger partial charge in [0.05, 0.1) is 11.2 Å². The molecule has 3 heterocycles. The molecule has 11 rings (SSSR count). The van der Waals surface area contributed by atoms with Gasteiger partial charge in [-0.05, 0) is 81.6 Å². The van der Waals surface area contributed by atoms with Gasteiger partial charge in [0.1, 0.15) is 11.2 Å². The van der Waals surface area contributed by atoms with Crippen LogP contribution in [-0.4, -0.2) is 19.9 Å². The Morgan fingerprint density at radius 2 is 0.877 bits per heavy atom. The zero-order chi connectivity index (χ0) is 37.7. The number of rotatable bonds is 6. The first-order chi connectivity index (χ1) is 28.2. The molecule has 11 aromatic rings. The van der Waals surface area contributed by atoms with E-state index in [1.807, 2.05) is 78.9 Å². The highest BCUT2D eigenvalue weighted by Crippen LogP contribution is 2.41. The van der Waals surface area contributed by atoms with Gasteiger partial charge >= 0.3 is 0 Å². The highest BCUT2D eigenvalue weighted by Gasteiger charge is 2.19. The predicted octanol–water partition coefficient (Wildman–Crippen LogP) is 13.5. The smallest absolute Gasteiger partial charge is 0.164 e. The molecule has 0 saturated carbocycles. The summed E-state index contributed by atoms with van der Waals surface area (Å²) >= 11 is 0. The van der Waals surface area contributed by atoms with Crippen LogP contribution in [0.4, 0.5) is 0 Å². The third-order valence-electron chi connectivity index (χ3n) is 10.7. The summed E-state index contributed by atoms with van der Waals surface area (Å²) in [5.74, 6) is 1.82. The molecule has 0 fully saturated rings. The molecular weight excluding hydrogens is 697 g/mol. The van der Waals surface area contributed by atoms with E-state index in [1.165, 1.54) is 0 Å². The standard InChI is InChI=1S/C52H32N4O/c1-4-15-34(16-5-1)46-32-43(49-41-21-11-10-14-33(41)24-26-45(49)53-46)39-28-38(37-25-27-48-44(31-37)42-22-12-13-23-47(42)57-48)29-40(30-39)52-55-50(35-17-6-2-7-18-35)54-51(56-52)36-19-8-3-9-20-36/h1-32H. The van der Waals surface area contributed by atoms with E-state index in [-0.39, 0.29) is 0 Å². The van der Waals surface area contributed by atoms with E-state index in [2.05, 4.69) is 115 Å². The van der Waals surface area contributed by atoms with Gasteiger partial charge in [-0.1, -0.05) is 146 Å². The molecule has 0 bridgehead atoms. The van der Waals surface area contributed by atoms with Crippen molar-refractivity contribution in [2.24, 2.45) is 0 Å². The second-order valence-electron chi connectivity index (χ2n) is 14.2. The number of para-hydroxylation sites is 1. The van der Waals surface area contributed by atoms with Crippen molar-refractivity contribution in [3.63, 3.8) is 0 Å².